The highest BCUT2D eigenvalue weighted by molar-refractivity contribution is 6.08. The summed E-state index contributed by atoms with van der Waals surface area (Å²) >= 11 is 0. The molecular weight excluding hydrogens is 404 g/mol. The molecule has 0 aliphatic rings. The van der Waals surface area contributed by atoms with E-state index in [0.29, 0.717) is 5.58 Å². The van der Waals surface area contributed by atoms with E-state index in [1.807, 2.05) is 60.7 Å². The van der Waals surface area contributed by atoms with Gasteiger partial charge in [0.1, 0.15) is 5.58 Å². The topological polar surface area (TPSA) is 38.9 Å². The fourth-order valence-corrected chi connectivity index (χ4v) is 4.00. The fourth-order valence-electron chi connectivity index (χ4n) is 4.00. The standard InChI is InChI=1S/C30H22N2O/c1-3-8-21(9-4-1)14-15-24-16-17-26-25-12-7-13-27(29(25)33-30(26)32-24)28-20-23(18-19-31-28)22-10-5-2-6-11-22/h1-13,16-20H,14-15H2/i14D2,15D2. The van der Waals surface area contributed by atoms with Crippen LogP contribution in [0.25, 0.3) is 44.5 Å². The molecule has 6 aromatic rings. The van der Waals surface area contributed by atoms with E-state index in [-0.39, 0.29) is 17.0 Å². The van der Waals surface area contributed by atoms with Crippen molar-refractivity contribution in [3.05, 3.63) is 121 Å². The highest BCUT2D eigenvalue weighted by Crippen LogP contribution is 2.35. The third-order valence-electron chi connectivity index (χ3n) is 5.62. The van der Waals surface area contributed by atoms with Crippen LogP contribution in [-0.4, -0.2) is 9.97 Å². The van der Waals surface area contributed by atoms with Crippen LogP contribution in [0.3, 0.4) is 0 Å². The second kappa shape index (κ2) is 8.36. The van der Waals surface area contributed by atoms with Gasteiger partial charge < -0.3 is 4.42 Å². The van der Waals surface area contributed by atoms with Crippen LogP contribution < -0.4 is 0 Å². The van der Waals surface area contributed by atoms with Gasteiger partial charge in [-0.1, -0.05) is 72.8 Å². The van der Waals surface area contributed by atoms with Gasteiger partial charge in [0.05, 0.1) is 5.69 Å². The fraction of sp³-hybridized carbons (Fsp3) is 0.0667. The number of hydrogen-bond donors (Lipinski definition) is 0. The Labute approximate surface area is 198 Å². The van der Waals surface area contributed by atoms with Gasteiger partial charge in [-0.2, -0.15) is 0 Å². The summed E-state index contributed by atoms with van der Waals surface area (Å²) in [7, 11) is 0. The van der Waals surface area contributed by atoms with Crippen molar-refractivity contribution in [2.24, 2.45) is 0 Å². The Morgan fingerprint density at radius 3 is 2.36 bits per heavy atom. The molecule has 3 aromatic carbocycles. The van der Waals surface area contributed by atoms with Crippen LogP contribution in [-0.2, 0) is 12.7 Å². The lowest BCUT2D eigenvalue weighted by Crippen LogP contribution is -1.93. The minimum absolute atomic E-state index is 0.0290. The van der Waals surface area contributed by atoms with Crippen LogP contribution in [0.2, 0.25) is 0 Å². The summed E-state index contributed by atoms with van der Waals surface area (Å²) in [6, 6.07) is 31.5. The van der Waals surface area contributed by atoms with Crippen molar-refractivity contribution in [1.82, 2.24) is 9.97 Å². The minimum atomic E-state index is -2.39. The van der Waals surface area contributed by atoms with Crippen LogP contribution >= 0.6 is 0 Å². The normalized spacial score (nSPS) is 13.9. The predicted octanol–water partition coefficient (Wildman–Crippen LogP) is 7.50. The monoisotopic (exact) mass is 430 g/mol. The molecule has 3 aromatic heterocycles. The molecule has 0 N–H and O–H groups in total. The zero-order chi connectivity index (χ0) is 25.6. The van der Waals surface area contributed by atoms with E-state index in [9.17, 15) is 0 Å². The average Bonchev–Trinajstić information content (AvgIpc) is 3.32. The Balaban J connectivity index is 1.46. The maximum atomic E-state index is 8.68. The highest BCUT2D eigenvalue weighted by Gasteiger charge is 2.15. The van der Waals surface area contributed by atoms with Crippen molar-refractivity contribution in [1.29, 1.82) is 0 Å². The number of aryl methyl sites for hydroxylation is 2. The molecule has 0 fully saturated rings. The number of pyridine rings is 2. The molecule has 33 heavy (non-hydrogen) atoms. The van der Waals surface area contributed by atoms with E-state index in [0.717, 1.165) is 33.2 Å². The first-order valence-corrected chi connectivity index (χ1v) is 10.8. The number of benzene rings is 3. The van der Waals surface area contributed by atoms with Crippen LogP contribution in [0.5, 0.6) is 0 Å². The van der Waals surface area contributed by atoms with Crippen molar-refractivity contribution in [2.75, 3.05) is 0 Å². The second-order valence-corrected chi connectivity index (χ2v) is 7.75. The SMILES string of the molecule is [2H]C([2H])(c1ccccc1)C([2H])([2H])c1ccc2c(n1)oc1c(-c3cc(-c4ccccc4)ccn3)cccc12. The number of para-hydroxylation sites is 1. The summed E-state index contributed by atoms with van der Waals surface area (Å²) in [5.74, 6) is 0. The molecule has 0 saturated heterocycles. The number of nitrogens with zero attached hydrogens (tertiary/aromatic N) is 2. The summed E-state index contributed by atoms with van der Waals surface area (Å²) in [5, 5.41) is 1.57. The summed E-state index contributed by atoms with van der Waals surface area (Å²) < 4.78 is 40.7. The molecule has 0 atom stereocenters. The maximum Gasteiger partial charge on any atom is 0.227 e. The van der Waals surface area contributed by atoms with Gasteiger partial charge >= 0.3 is 0 Å². The van der Waals surface area contributed by atoms with Gasteiger partial charge in [-0.05, 0) is 59.8 Å². The molecule has 0 saturated carbocycles. The predicted molar refractivity (Wildman–Crippen MR) is 134 cm³/mol. The van der Waals surface area contributed by atoms with Gasteiger partial charge in [-0.15, -0.1) is 0 Å². The van der Waals surface area contributed by atoms with E-state index in [2.05, 4.69) is 9.97 Å². The Hall–Kier alpha value is -4.24. The molecule has 0 aliphatic heterocycles. The minimum Gasteiger partial charge on any atom is -0.437 e. The molecule has 0 bridgehead atoms. The number of furan rings is 1. The molecule has 0 radical (unpaired) electrons. The van der Waals surface area contributed by atoms with Gasteiger partial charge in [0.15, 0.2) is 0 Å². The Morgan fingerprint density at radius 1 is 0.697 bits per heavy atom. The summed E-state index contributed by atoms with van der Waals surface area (Å²) in [4.78, 5) is 9.06. The largest absolute Gasteiger partial charge is 0.437 e. The first kappa shape index (κ1) is 15.5. The molecular formula is C30H22N2O. The lowest BCUT2D eigenvalue weighted by Gasteiger charge is -2.05. The number of aromatic nitrogens is 2. The van der Waals surface area contributed by atoms with E-state index in [1.54, 1.807) is 48.7 Å². The summed E-state index contributed by atoms with van der Waals surface area (Å²) in [6.45, 7) is 0. The van der Waals surface area contributed by atoms with E-state index < -0.39 is 12.7 Å². The Kier molecular flexibility index (Phi) is 3.94. The second-order valence-electron chi connectivity index (χ2n) is 7.75. The molecule has 3 heteroatoms. The zero-order valence-electron chi connectivity index (χ0n) is 21.7. The van der Waals surface area contributed by atoms with Crippen molar-refractivity contribution in [3.63, 3.8) is 0 Å². The molecule has 0 spiro atoms. The number of fused-ring (bicyclic) bond motifs is 3. The third-order valence-corrected chi connectivity index (χ3v) is 5.62. The smallest absolute Gasteiger partial charge is 0.227 e. The molecule has 0 amide bonds. The first-order chi connectivity index (χ1) is 17.9. The van der Waals surface area contributed by atoms with Gasteiger partial charge in [-0.25, -0.2) is 4.98 Å². The Morgan fingerprint density at radius 2 is 1.52 bits per heavy atom. The van der Waals surface area contributed by atoms with Crippen LogP contribution in [0.1, 0.15) is 16.7 Å². The van der Waals surface area contributed by atoms with Crippen LogP contribution in [0, 0.1) is 0 Å². The quantitative estimate of drug-likeness (QED) is 0.284. The van der Waals surface area contributed by atoms with E-state index >= 15 is 0 Å². The van der Waals surface area contributed by atoms with Gasteiger partial charge in [0.25, 0.3) is 0 Å². The molecule has 3 nitrogen and oxygen atoms in total. The van der Waals surface area contributed by atoms with Crippen LogP contribution in [0.4, 0.5) is 0 Å². The van der Waals surface area contributed by atoms with Crippen molar-refractivity contribution < 1.29 is 9.90 Å². The highest BCUT2D eigenvalue weighted by atomic mass is 16.3. The molecule has 0 unspecified atom stereocenters. The summed E-state index contributed by atoms with van der Waals surface area (Å²) in [6.07, 6.45) is -2.92. The molecule has 6 rings (SSSR count). The van der Waals surface area contributed by atoms with Crippen molar-refractivity contribution in [3.8, 4) is 22.4 Å². The number of rotatable bonds is 5. The third kappa shape index (κ3) is 3.79. The van der Waals surface area contributed by atoms with E-state index in [1.165, 1.54) is 0 Å². The molecule has 3 heterocycles. The first-order valence-electron chi connectivity index (χ1n) is 12.8. The summed E-state index contributed by atoms with van der Waals surface area (Å²) in [5.41, 5.74) is 4.76. The molecule has 158 valence electrons. The van der Waals surface area contributed by atoms with Gasteiger partial charge in [0.2, 0.25) is 5.71 Å². The maximum absolute atomic E-state index is 8.68. The van der Waals surface area contributed by atoms with Gasteiger partial charge in [0, 0.05) is 33.7 Å². The van der Waals surface area contributed by atoms with Crippen molar-refractivity contribution in [2.45, 2.75) is 12.7 Å². The lowest BCUT2D eigenvalue weighted by atomic mass is 10.0. The Bertz CT molecular complexity index is 1730. The average molecular weight is 431 g/mol. The molecule has 0 aliphatic carbocycles. The van der Waals surface area contributed by atoms with Crippen LogP contribution in [0.15, 0.2) is 114 Å². The van der Waals surface area contributed by atoms with Gasteiger partial charge in [-0.3, -0.25) is 4.98 Å². The zero-order valence-corrected chi connectivity index (χ0v) is 17.7. The van der Waals surface area contributed by atoms with E-state index in [4.69, 9.17) is 9.90 Å². The lowest BCUT2D eigenvalue weighted by molar-refractivity contribution is 0.651. The number of hydrogen-bond acceptors (Lipinski definition) is 3. The van der Waals surface area contributed by atoms with Crippen molar-refractivity contribution >= 4 is 22.1 Å².